The first-order valence-corrected chi connectivity index (χ1v) is 4.01. The van der Waals surface area contributed by atoms with Crippen molar-refractivity contribution in [2.45, 2.75) is 4.59 Å². The summed E-state index contributed by atoms with van der Waals surface area (Å²) in [4.78, 5) is 0. The second-order valence-corrected chi connectivity index (χ2v) is 3.79. The molecule has 0 bridgehead atoms. The molecule has 0 unspecified atom stereocenters. The lowest BCUT2D eigenvalue weighted by Crippen LogP contribution is -2.17. The van der Waals surface area contributed by atoms with Gasteiger partial charge in [-0.1, -0.05) is 23.2 Å². The SMILES string of the molecule is O=S(=O)(O)OCC(F)(Cl)Cl. The third kappa shape index (κ3) is 8.38. The van der Waals surface area contributed by atoms with Crippen molar-refractivity contribution in [2.75, 3.05) is 6.61 Å². The van der Waals surface area contributed by atoms with Crippen molar-refractivity contribution in [2.24, 2.45) is 0 Å². The number of hydrogen-bond donors (Lipinski definition) is 1. The molecule has 0 amide bonds. The van der Waals surface area contributed by atoms with Gasteiger partial charge < -0.3 is 0 Å². The predicted octanol–water partition coefficient (Wildman–Crippen LogP) is 0.907. The predicted molar refractivity (Wildman–Crippen MR) is 33.0 cm³/mol. The third-order valence-electron chi connectivity index (χ3n) is 0.372. The molecule has 0 aromatic heterocycles. The normalized spacial score (nSPS) is 13.6. The van der Waals surface area contributed by atoms with Crippen LogP contribution in [-0.2, 0) is 14.6 Å². The second-order valence-electron chi connectivity index (χ2n) is 1.31. The maximum atomic E-state index is 11.9. The van der Waals surface area contributed by atoms with E-state index in [4.69, 9.17) is 4.55 Å². The van der Waals surface area contributed by atoms with Crippen LogP contribution in [0.3, 0.4) is 0 Å². The Morgan fingerprint density at radius 3 is 2.10 bits per heavy atom. The lowest BCUT2D eigenvalue weighted by Gasteiger charge is -2.05. The molecule has 1 N–H and O–H groups in total. The van der Waals surface area contributed by atoms with Gasteiger partial charge in [-0.2, -0.15) is 8.42 Å². The first-order chi connectivity index (χ1) is 4.21. The summed E-state index contributed by atoms with van der Waals surface area (Å²) >= 11 is 9.27. The largest absolute Gasteiger partial charge is 0.397 e. The van der Waals surface area contributed by atoms with Gasteiger partial charge in [-0.3, -0.25) is 4.55 Å². The summed E-state index contributed by atoms with van der Waals surface area (Å²) in [5.41, 5.74) is 0. The molecule has 0 radical (unpaired) electrons. The molecule has 0 spiro atoms. The highest BCUT2D eigenvalue weighted by atomic mass is 35.5. The van der Waals surface area contributed by atoms with Gasteiger partial charge >= 0.3 is 10.4 Å². The standard InChI is InChI=1S/C2H3Cl2FO4S/c3-2(4,5)1-9-10(6,7)8/h1H2,(H,6,7,8). The Bertz CT molecular complexity index is 194. The summed E-state index contributed by atoms with van der Waals surface area (Å²) in [7, 11) is -4.67. The van der Waals surface area contributed by atoms with Gasteiger partial charge in [0.1, 0.15) is 6.61 Å². The monoisotopic (exact) mass is 212 g/mol. The van der Waals surface area contributed by atoms with Crippen LogP contribution in [0.5, 0.6) is 0 Å². The fraction of sp³-hybridized carbons (Fsp3) is 1.00. The van der Waals surface area contributed by atoms with Crippen LogP contribution in [0.2, 0.25) is 0 Å². The van der Waals surface area contributed by atoms with Gasteiger partial charge in [-0.05, 0) is 0 Å². The summed E-state index contributed by atoms with van der Waals surface area (Å²) < 4.78 is 39.9. The molecule has 0 aliphatic heterocycles. The molecule has 8 heteroatoms. The zero-order valence-corrected chi connectivity index (χ0v) is 6.75. The van der Waals surface area contributed by atoms with Crippen LogP contribution in [-0.4, -0.2) is 24.2 Å². The number of alkyl halides is 3. The molecular formula is C2H3Cl2FO4S. The van der Waals surface area contributed by atoms with E-state index in [2.05, 4.69) is 27.4 Å². The van der Waals surface area contributed by atoms with Crippen molar-refractivity contribution in [1.29, 1.82) is 0 Å². The van der Waals surface area contributed by atoms with Crippen LogP contribution < -0.4 is 0 Å². The first kappa shape index (κ1) is 10.4. The third-order valence-corrected chi connectivity index (χ3v) is 1.01. The maximum absolute atomic E-state index is 11.9. The Morgan fingerprint density at radius 1 is 1.60 bits per heavy atom. The summed E-state index contributed by atoms with van der Waals surface area (Å²) in [6, 6.07) is 0. The average molecular weight is 213 g/mol. The molecule has 0 aliphatic carbocycles. The quantitative estimate of drug-likeness (QED) is 0.558. The van der Waals surface area contributed by atoms with Crippen molar-refractivity contribution in [1.82, 2.24) is 0 Å². The molecule has 0 aliphatic rings. The summed E-state index contributed by atoms with van der Waals surface area (Å²) in [5, 5.41) is 0. The van der Waals surface area contributed by atoms with Crippen molar-refractivity contribution in [3.63, 3.8) is 0 Å². The second kappa shape index (κ2) is 3.19. The topological polar surface area (TPSA) is 63.6 Å². The molecular weight excluding hydrogens is 210 g/mol. The van der Waals surface area contributed by atoms with E-state index < -0.39 is 21.6 Å². The van der Waals surface area contributed by atoms with E-state index >= 15 is 0 Å². The van der Waals surface area contributed by atoms with Crippen LogP contribution in [0.4, 0.5) is 4.39 Å². The molecule has 0 saturated heterocycles. The van der Waals surface area contributed by atoms with Gasteiger partial charge in [0.2, 0.25) is 0 Å². The molecule has 0 aromatic rings. The lowest BCUT2D eigenvalue weighted by atomic mass is 10.8. The van der Waals surface area contributed by atoms with E-state index in [0.29, 0.717) is 0 Å². The highest BCUT2D eigenvalue weighted by molar-refractivity contribution is 7.80. The first-order valence-electron chi connectivity index (χ1n) is 1.89. The zero-order valence-electron chi connectivity index (χ0n) is 4.42. The lowest BCUT2D eigenvalue weighted by molar-refractivity contribution is 0.204. The van der Waals surface area contributed by atoms with Crippen LogP contribution in [0.1, 0.15) is 0 Å². The Balaban J connectivity index is 3.79. The number of hydrogen-bond acceptors (Lipinski definition) is 3. The van der Waals surface area contributed by atoms with Gasteiger partial charge in [-0.25, -0.2) is 8.57 Å². The van der Waals surface area contributed by atoms with E-state index in [1.54, 1.807) is 0 Å². The van der Waals surface area contributed by atoms with Gasteiger partial charge in [0, 0.05) is 0 Å². The molecule has 62 valence electrons. The van der Waals surface area contributed by atoms with Crippen LogP contribution >= 0.6 is 23.2 Å². The van der Waals surface area contributed by atoms with Crippen molar-refractivity contribution in [3.05, 3.63) is 0 Å². The summed E-state index contributed by atoms with van der Waals surface area (Å²) in [6.45, 7) is -1.14. The van der Waals surface area contributed by atoms with E-state index in [-0.39, 0.29) is 0 Å². The minimum Gasteiger partial charge on any atom is -0.264 e. The van der Waals surface area contributed by atoms with Gasteiger partial charge in [0.25, 0.3) is 4.59 Å². The van der Waals surface area contributed by atoms with E-state index in [1.807, 2.05) is 0 Å². The zero-order chi connectivity index (χ0) is 8.41. The molecule has 10 heavy (non-hydrogen) atoms. The van der Waals surface area contributed by atoms with E-state index in [9.17, 15) is 12.8 Å². The molecule has 0 heterocycles. The van der Waals surface area contributed by atoms with Crippen LogP contribution in [0.15, 0.2) is 0 Å². The van der Waals surface area contributed by atoms with Gasteiger partial charge in [0.05, 0.1) is 0 Å². The number of rotatable bonds is 3. The summed E-state index contributed by atoms with van der Waals surface area (Å²) in [5.74, 6) is 0. The van der Waals surface area contributed by atoms with Crippen molar-refractivity contribution in [3.8, 4) is 0 Å². The summed E-state index contributed by atoms with van der Waals surface area (Å²) in [6.07, 6.45) is 0. The Kier molecular flexibility index (Phi) is 3.31. The molecule has 0 atom stereocenters. The molecule has 0 aromatic carbocycles. The van der Waals surface area contributed by atoms with Gasteiger partial charge in [0.15, 0.2) is 0 Å². The Labute approximate surface area is 66.8 Å². The fourth-order valence-electron chi connectivity index (χ4n) is 0.141. The molecule has 0 fully saturated rings. The van der Waals surface area contributed by atoms with Crippen molar-refractivity contribution < 1.29 is 21.5 Å². The van der Waals surface area contributed by atoms with Crippen LogP contribution in [0.25, 0.3) is 0 Å². The van der Waals surface area contributed by atoms with Gasteiger partial charge in [-0.15, -0.1) is 0 Å². The van der Waals surface area contributed by atoms with E-state index in [0.717, 1.165) is 0 Å². The maximum Gasteiger partial charge on any atom is 0.397 e. The van der Waals surface area contributed by atoms with Crippen molar-refractivity contribution >= 4 is 33.6 Å². The average Bonchev–Trinajstić information content (AvgIpc) is 1.57. The fourth-order valence-corrected chi connectivity index (χ4v) is 0.691. The number of halogens is 3. The molecule has 0 saturated carbocycles. The smallest absolute Gasteiger partial charge is 0.264 e. The van der Waals surface area contributed by atoms with E-state index in [1.165, 1.54) is 0 Å². The Morgan fingerprint density at radius 2 is 2.00 bits per heavy atom. The minimum absolute atomic E-state index is 1.14. The highest BCUT2D eigenvalue weighted by Crippen LogP contribution is 2.22. The van der Waals surface area contributed by atoms with Crippen LogP contribution in [0, 0.1) is 0 Å². The Hall–Kier alpha value is 0.380. The minimum atomic E-state index is -4.67. The highest BCUT2D eigenvalue weighted by Gasteiger charge is 2.25. The molecule has 4 nitrogen and oxygen atoms in total. The molecule has 0 rings (SSSR count).